The predicted octanol–water partition coefficient (Wildman–Crippen LogP) is 1.93. The Labute approximate surface area is 126 Å². The van der Waals surface area contributed by atoms with Gasteiger partial charge in [-0.1, -0.05) is 17.7 Å². The van der Waals surface area contributed by atoms with Crippen molar-refractivity contribution in [3.05, 3.63) is 52.8 Å². The second kappa shape index (κ2) is 6.23. The molecular weight excluding hydrogens is 292 g/mol. The summed E-state index contributed by atoms with van der Waals surface area (Å²) in [5.74, 6) is -0.663. The van der Waals surface area contributed by atoms with Gasteiger partial charge in [-0.15, -0.1) is 0 Å². The van der Waals surface area contributed by atoms with Crippen molar-refractivity contribution in [2.24, 2.45) is 0 Å². The van der Waals surface area contributed by atoms with E-state index in [1.165, 1.54) is 19.3 Å². The maximum Gasteiger partial charge on any atom is 0.257 e. The molecule has 0 saturated carbocycles. The van der Waals surface area contributed by atoms with E-state index >= 15 is 0 Å². The van der Waals surface area contributed by atoms with Crippen molar-refractivity contribution in [3.8, 4) is 0 Å². The molecule has 0 fully saturated rings. The molecule has 21 heavy (non-hydrogen) atoms. The fourth-order valence-corrected chi connectivity index (χ4v) is 1.88. The third kappa shape index (κ3) is 3.49. The van der Waals surface area contributed by atoms with Crippen molar-refractivity contribution in [2.45, 2.75) is 0 Å². The first-order valence-electron chi connectivity index (χ1n) is 6.06. The molecule has 0 aliphatic rings. The maximum absolute atomic E-state index is 12.2. The number of carbonyl (C=O) groups excluding carboxylic acids is 2. The van der Waals surface area contributed by atoms with Gasteiger partial charge in [-0.3, -0.25) is 9.59 Å². The highest BCUT2D eigenvalue weighted by atomic mass is 35.5. The van der Waals surface area contributed by atoms with Crippen LogP contribution in [-0.2, 0) is 0 Å². The third-order valence-electron chi connectivity index (χ3n) is 2.76. The lowest BCUT2D eigenvalue weighted by molar-refractivity contribution is 0.0961. The van der Waals surface area contributed by atoms with Crippen LogP contribution >= 0.6 is 11.6 Å². The van der Waals surface area contributed by atoms with Crippen LogP contribution in [0.1, 0.15) is 20.7 Å². The first kappa shape index (κ1) is 14.8. The molecule has 7 heteroatoms. The fourth-order valence-electron chi connectivity index (χ4n) is 1.72. The van der Waals surface area contributed by atoms with Crippen LogP contribution in [0.15, 0.2) is 36.5 Å². The molecule has 0 atom stereocenters. The Bertz CT molecular complexity index is 703. The Hall–Kier alpha value is -2.60. The lowest BCUT2D eigenvalue weighted by atomic mass is 10.1. The number of nitrogens with zero attached hydrogens (tertiary/aromatic N) is 1. The molecule has 1 aromatic heterocycles. The second-order valence-electron chi connectivity index (χ2n) is 4.21. The van der Waals surface area contributed by atoms with E-state index in [0.29, 0.717) is 11.3 Å². The van der Waals surface area contributed by atoms with E-state index in [-0.39, 0.29) is 22.3 Å². The number of nitrogens with two attached hydrogens (primary N) is 1. The minimum absolute atomic E-state index is 0.175. The summed E-state index contributed by atoms with van der Waals surface area (Å²) in [4.78, 5) is 27.5. The summed E-state index contributed by atoms with van der Waals surface area (Å²) in [5, 5.41) is 5.35. The molecule has 1 heterocycles. The molecule has 1 aromatic carbocycles. The Morgan fingerprint density at radius 1 is 1.24 bits per heavy atom. The highest BCUT2D eigenvalue weighted by Gasteiger charge is 2.12. The fraction of sp³-hybridized carbons (Fsp3) is 0.0714. The topological polar surface area (TPSA) is 97.1 Å². The summed E-state index contributed by atoms with van der Waals surface area (Å²) in [6, 6.07) is 7.93. The van der Waals surface area contributed by atoms with E-state index in [0.717, 1.165) is 0 Å². The number of nitrogens with one attached hydrogen (secondary N) is 2. The number of halogens is 1. The minimum atomic E-state index is -0.425. The van der Waals surface area contributed by atoms with Gasteiger partial charge in [0.15, 0.2) is 0 Å². The smallest absolute Gasteiger partial charge is 0.257 e. The number of carbonyl (C=O) groups is 2. The van der Waals surface area contributed by atoms with Crippen LogP contribution in [0.4, 0.5) is 11.4 Å². The Kier molecular flexibility index (Phi) is 4.39. The molecular formula is C14H13ClN4O2. The Morgan fingerprint density at radius 3 is 2.71 bits per heavy atom. The van der Waals surface area contributed by atoms with Crippen LogP contribution in [0.2, 0.25) is 5.15 Å². The summed E-state index contributed by atoms with van der Waals surface area (Å²) in [6.45, 7) is 0. The molecule has 0 saturated heterocycles. The van der Waals surface area contributed by atoms with Crippen LogP contribution in [0.3, 0.4) is 0 Å². The standard InChI is InChI=1S/C14H13ClN4O2/c1-17-13(20)8-3-2-4-9(5-8)19-14(21)10-6-12(15)18-7-11(10)16/h2-7H,16H2,1H3,(H,17,20)(H,19,21). The predicted molar refractivity (Wildman–Crippen MR) is 81.4 cm³/mol. The number of rotatable bonds is 3. The zero-order valence-electron chi connectivity index (χ0n) is 11.2. The van der Waals surface area contributed by atoms with Gasteiger partial charge in [-0.25, -0.2) is 4.98 Å². The number of hydrogen-bond donors (Lipinski definition) is 3. The highest BCUT2D eigenvalue weighted by molar-refractivity contribution is 6.30. The summed E-state index contributed by atoms with van der Waals surface area (Å²) >= 11 is 5.75. The molecule has 6 nitrogen and oxygen atoms in total. The largest absolute Gasteiger partial charge is 0.397 e. The van der Waals surface area contributed by atoms with Crippen molar-refractivity contribution in [3.63, 3.8) is 0 Å². The van der Waals surface area contributed by atoms with Gasteiger partial charge in [-0.2, -0.15) is 0 Å². The summed E-state index contributed by atoms with van der Waals surface area (Å²) in [7, 11) is 1.53. The molecule has 2 amide bonds. The number of anilines is 2. The van der Waals surface area contributed by atoms with Crippen LogP contribution in [0.5, 0.6) is 0 Å². The molecule has 0 aliphatic carbocycles. The number of amides is 2. The lowest BCUT2D eigenvalue weighted by Gasteiger charge is -2.08. The van der Waals surface area contributed by atoms with Gasteiger partial charge in [0, 0.05) is 18.3 Å². The average Bonchev–Trinajstić information content (AvgIpc) is 2.49. The van der Waals surface area contributed by atoms with Crippen molar-refractivity contribution >= 4 is 34.8 Å². The van der Waals surface area contributed by atoms with Crippen LogP contribution in [0, 0.1) is 0 Å². The quantitative estimate of drug-likeness (QED) is 0.755. The zero-order valence-corrected chi connectivity index (χ0v) is 11.9. The molecule has 0 unspecified atom stereocenters. The summed E-state index contributed by atoms with van der Waals surface area (Å²) in [5.41, 5.74) is 7.06. The molecule has 0 aliphatic heterocycles. The maximum atomic E-state index is 12.2. The normalized spacial score (nSPS) is 10.0. The number of hydrogen-bond acceptors (Lipinski definition) is 4. The lowest BCUT2D eigenvalue weighted by Crippen LogP contribution is -2.18. The van der Waals surface area contributed by atoms with E-state index in [2.05, 4.69) is 15.6 Å². The minimum Gasteiger partial charge on any atom is -0.397 e. The van der Waals surface area contributed by atoms with Gasteiger partial charge in [0.25, 0.3) is 11.8 Å². The molecule has 0 spiro atoms. The van der Waals surface area contributed by atoms with Gasteiger partial charge < -0.3 is 16.4 Å². The number of pyridine rings is 1. The summed E-state index contributed by atoms with van der Waals surface area (Å²) < 4.78 is 0. The van der Waals surface area contributed by atoms with Crippen molar-refractivity contribution in [1.82, 2.24) is 10.3 Å². The monoisotopic (exact) mass is 304 g/mol. The number of aromatic nitrogens is 1. The molecule has 108 valence electrons. The SMILES string of the molecule is CNC(=O)c1cccc(NC(=O)c2cc(Cl)ncc2N)c1. The van der Waals surface area contributed by atoms with E-state index in [1.807, 2.05) is 0 Å². The molecule has 0 bridgehead atoms. The van der Waals surface area contributed by atoms with Gasteiger partial charge in [0.05, 0.1) is 17.4 Å². The van der Waals surface area contributed by atoms with Gasteiger partial charge in [0.1, 0.15) is 5.15 Å². The number of benzene rings is 1. The van der Waals surface area contributed by atoms with Gasteiger partial charge in [0.2, 0.25) is 0 Å². The molecule has 4 N–H and O–H groups in total. The molecule has 2 rings (SSSR count). The highest BCUT2D eigenvalue weighted by Crippen LogP contribution is 2.18. The van der Waals surface area contributed by atoms with Crippen molar-refractivity contribution in [1.29, 1.82) is 0 Å². The first-order valence-corrected chi connectivity index (χ1v) is 6.43. The number of nitrogen functional groups attached to an aromatic ring is 1. The first-order chi connectivity index (χ1) is 10.0. The Balaban J connectivity index is 2.23. The van der Waals surface area contributed by atoms with E-state index < -0.39 is 5.91 Å². The van der Waals surface area contributed by atoms with Crippen LogP contribution in [-0.4, -0.2) is 23.8 Å². The van der Waals surface area contributed by atoms with Crippen molar-refractivity contribution < 1.29 is 9.59 Å². The zero-order chi connectivity index (χ0) is 15.4. The van der Waals surface area contributed by atoms with Crippen molar-refractivity contribution in [2.75, 3.05) is 18.1 Å². The summed E-state index contributed by atoms with van der Waals surface area (Å²) in [6.07, 6.45) is 1.32. The van der Waals surface area contributed by atoms with Crippen LogP contribution < -0.4 is 16.4 Å². The second-order valence-corrected chi connectivity index (χ2v) is 4.60. The van der Waals surface area contributed by atoms with Gasteiger partial charge in [-0.05, 0) is 24.3 Å². The molecule has 0 radical (unpaired) electrons. The molecule has 2 aromatic rings. The van der Waals surface area contributed by atoms with E-state index in [4.69, 9.17) is 17.3 Å². The average molecular weight is 305 g/mol. The Morgan fingerprint density at radius 2 is 2.00 bits per heavy atom. The third-order valence-corrected chi connectivity index (χ3v) is 2.96. The van der Waals surface area contributed by atoms with E-state index in [9.17, 15) is 9.59 Å². The van der Waals surface area contributed by atoms with Gasteiger partial charge >= 0.3 is 0 Å². The van der Waals surface area contributed by atoms with Crippen LogP contribution in [0.25, 0.3) is 0 Å². The van der Waals surface area contributed by atoms with E-state index in [1.54, 1.807) is 24.3 Å².